The smallest absolute Gasteiger partial charge is 0.315 e. The van der Waals surface area contributed by atoms with Gasteiger partial charge in [0.15, 0.2) is 10.9 Å². The van der Waals surface area contributed by atoms with Crippen molar-refractivity contribution in [3.8, 4) is 11.5 Å². The van der Waals surface area contributed by atoms with Gasteiger partial charge in [-0.1, -0.05) is 12.1 Å². The van der Waals surface area contributed by atoms with E-state index in [1.807, 2.05) is 13.8 Å². The second-order valence-electron chi connectivity index (χ2n) is 7.35. The fourth-order valence-electron chi connectivity index (χ4n) is 2.71. The summed E-state index contributed by atoms with van der Waals surface area (Å²) in [7, 11) is 0. The van der Waals surface area contributed by atoms with Gasteiger partial charge in [-0.2, -0.15) is 0 Å². The highest BCUT2D eigenvalue weighted by Crippen LogP contribution is 2.27. The summed E-state index contributed by atoms with van der Waals surface area (Å²) >= 11 is 1.29. The molecule has 0 atom stereocenters. The molecule has 3 aromatic rings. The Morgan fingerprint density at radius 1 is 1.03 bits per heavy atom. The Kier molecular flexibility index (Phi) is 7.61. The van der Waals surface area contributed by atoms with E-state index in [-0.39, 0.29) is 23.9 Å². The van der Waals surface area contributed by atoms with E-state index in [4.69, 9.17) is 4.42 Å². The lowest BCUT2D eigenvalue weighted by atomic mass is 10.1. The lowest BCUT2D eigenvalue weighted by molar-refractivity contribution is -0.119. The van der Waals surface area contributed by atoms with Crippen LogP contribution in [0.5, 0.6) is 0 Å². The summed E-state index contributed by atoms with van der Waals surface area (Å²) in [6.07, 6.45) is 0. The van der Waals surface area contributed by atoms with Gasteiger partial charge >= 0.3 is 6.03 Å². The van der Waals surface area contributed by atoms with Gasteiger partial charge in [-0.15, -0.1) is 11.3 Å². The maximum Gasteiger partial charge on any atom is 0.315 e. The molecule has 0 aliphatic carbocycles. The second-order valence-corrected chi connectivity index (χ2v) is 8.20. The normalized spacial score (nSPS) is 10.6. The quantitative estimate of drug-likeness (QED) is 0.414. The molecule has 0 aliphatic heterocycles. The van der Waals surface area contributed by atoms with Gasteiger partial charge in [0.1, 0.15) is 11.5 Å². The molecule has 0 fully saturated rings. The summed E-state index contributed by atoms with van der Waals surface area (Å²) in [6, 6.07) is 10.3. The van der Waals surface area contributed by atoms with Crippen LogP contribution >= 0.6 is 11.3 Å². The number of carbonyl (C=O) groups excluding carboxylic acids is 3. The number of hydrogen-bond donors (Lipinski definition) is 4. The molecule has 0 radical (unpaired) electrons. The Balaban J connectivity index is 1.54. The minimum Gasteiger partial charge on any atom is -0.458 e. The molecule has 10 heteroatoms. The summed E-state index contributed by atoms with van der Waals surface area (Å²) in [5.74, 6) is 0.752. The van der Waals surface area contributed by atoms with Crippen molar-refractivity contribution in [3.63, 3.8) is 0 Å². The van der Waals surface area contributed by atoms with Crippen LogP contribution in [0.4, 0.5) is 9.93 Å². The number of thiazole rings is 1. The molecule has 0 unspecified atom stereocenters. The van der Waals surface area contributed by atoms with Crippen LogP contribution in [0, 0.1) is 0 Å². The van der Waals surface area contributed by atoms with E-state index in [1.165, 1.54) is 18.3 Å². The fraction of sp³-hybridized carbons (Fsp3) is 0.273. The van der Waals surface area contributed by atoms with Crippen LogP contribution in [0.1, 0.15) is 42.5 Å². The summed E-state index contributed by atoms with van der Waals surface area (Å²) in [6.45, 7) is 5.88. The highest BCUT2D eigenvalue weighted by atomic mass is 32.1. The van der Waals surface area contributed by atoms with E-state index in [0.717, 1.165) is 5.56 Å². The lowest BCUT2D eigenvalue weighted by Crippen LogP contribution is -2.39. The predicted octanol–water partition coefficient (Wildman–Crippen LogP) is 3.50. The number of aromatic nitrogens is 1. The van der Waals surface area contributed by atoms with E-state index in [1.54, 1.807) is 41.8 Å². The highest BCUT2D eigenvalue weighted by molar-refractivity contribution is 7.14. The molecule has 0 aliphatic rings. The van der Waals surface area contributed by atoms with Crippen molar-refractivity contribution < 1.29 is 18.8 Å². The van der Waals surface area contributed by atoms with Crippen molar-refractivity contribution in [2.75, 3.05) is 5.32 Å². The number of nitrogens with one attached hydrogen (secondary N) is 4. The van der Waals surface area contributed by atoms with E-state index in [9.17, 15) is 14.4 Å². The van der Waals surface area contributed by atoms with Crippen LogP contribution in [0.15, 0.2) is 46.2 Å². The average Bonchev–Trinajstić information content (AvgIpc) is 3.40. The third kappa shape index (κ3) is 6.67. The molecule has 2 heterocycles. The van der Waals surface area contributed by atoms with Crippen LogP contribution in [0.25, 0.3) is 11.5 Å². The van der Waals surface area contributed by atoms with E-state index in [0.29, 0.717) is 41.0 Å². The van der Waals surface area contributed by atoms with Gasteiger partial charge in [-0.25, -0.2) is 9.78 Å². The molecular formula is C22H25N5O4S. The molecule has 0 spiro atoms. The fourth-order valence-corrected chi connectivity index (χ4v) is 3.40. The molecule has 3 rings (SSSR count). The van der Waals surface area contributed by atoms with Crippen molar-refractivity contribution in [2.45, 2.75) is 39.9 Å². The zero-order valence-corrected chi connectivity index (χ0v) is 18.8. The van der Waals surface area contributed by atoms with Crippen LogP contribution in [-0.4, -0.2) is 28.9 Å². The summed E-state index contributed by atoms with van der Waals surface area (Å²) in [4.78, 5) is 39.6. The Labute approximate surface area is 189 Å². The van der Waals surface area contributed by atoms with Crippen LogP contribution < -0.4 is 21.3 Å². The summed E-state index contributed by atoms with van der Waals surface area (Å²) < 4.78 is 5.68. The zero-order chi connectivity index (χ0) is 23.1. The number of benzene rings is 1. The molecule has 2 aromatic heterocycles. The summed E-state index contributed by atoms with van der Waals surface area (Å²) in [5.41, 5.74) is 1.96. The number of rotatable bonds is 8. The number of anilines is 1. The highest BCUT2D eigenvalue weighted by Gasteiger charge is 2.13. The molecule has 1 aromatic carbocycles. The van der Waals surface area contributed by atoms with Gasteiger partial charge < -0.3 is 20.4 Å². The van der Waals surface area contributed by atoms with Gasteiger partial charge in [-0.3, -0.25) is 14.9 Å². The number of urea groups is 1. The van der Waals surface area contributed by atoms with Gasteiger partial charge in [0, 0.05) is 30.5 Å². The lowest BCUT2D eigenvalue weighted by Gasteiger charge is -2.10. The molecule has 9 nitrogen and oxygen atoms in total. The Bertz CT molecular complexity index is 1090. The molecule has 32 heavy (non-hydrogen) atoms. The first-order valence-electron chi connectivity index (χ1n) is 10.0. The van der Waals surface area contributed by atoms with Crippen molar-refractivity contribution in [2.24, 2.45) is 0 Å². The van der Waals surface area contributed by atoms with Gasteiger partial charge in [0.2, 0.25) is 5.91 Å². The van der Waals surface area contributed by atoms with Crippen LogP contribution in [-0.2, 0) is 17.9 Å². The SMILES string of the molecule is CC(=O)NCc1ccc(-c2csc(NC(=O)c3ccc(CNC(=O)NC(C)C)cc3)n2)o1. The largest absolute Gasteiger partial charge is 0.458 e. The minimum atomic E-state index is -0.284. The summed E-state index contributed by atoms with van der Waals surface area (Å²) in [5, 5.41) is 13.2. The van der Waals surface area contributed by atoms with Crippen molar-refractivity contribution >= 4 is 34.3 Å². The first-order valence-corrected chi connectivity index (χ1v) is 10.9. The first-order chi connectivity index (χ1) is 15.3. The standard InChI is InChI=1S/C22H25N5O4S/c1-13(2)25-21(30)24-10-15-4-6-16(7-5-15)20(29)27-22-26-18(12-32-22)19-9-8-17(31-19)11-23-14(3)28/h4-9,12-13H,10-11H2,1-3H3,(H,23,28)(H2,24,25,30)(H,26,27,29). The molecule has 0 bridgehead atoms. The van der Waals surface area contributed by atoms with E-state index < -0.39 is 0 Å². The van der Waals surface area contributed by atoms with Gasteiger partial charge in [0.05, 0.1) is 6.54 Å². The van der Waals surface area contributed by atoms with Gasteiger partial charge in [-0.05, 0) is 43.7 Å². The predicted molar refractivity (Wildman–Crippen MR) is 122 cm³/mol. The third-order valence-electron chi connectivity index (χ3n) is 4.24. The Morgan fingerprint density at radius 2 is 1.78 bits per heavy atom. The number of amides is 4. The van der Waals surface area contributed by atoms with Crippen molar-refractivity contribution in [1.29, 1.82) is 0 Å². The molecular weight excluding hydrogens is 430 g/mol. The minimum absolute atomic E-state index is 0.0611. The number of furan rings is 1. The first kappa shape index (κ1) is 23.0. The van der Waals surface area contributed by atoms with Gasteiger partial charge in [0.25, 0.3) is 5.91 Å². The van der Waals surface area contributed by atoms with Crippen LogP contribution in [0.3, 0.4) is 0 Å². The molecule has 0 saturated heterocycles. The number of carbonyl (C=O) groups is 3. The van der Waals surface area contributed by atoms with Crippen LogP contribution in [0.2, 0.25) is 0 Å². The Morgan fingerprint density at radius 3 is 2.47 bits per heavy atom. The second kappa shape index (κ2) is 10.6. The Hall–Kier alpha value is -3.66. The maximum absolute atomic E-state index is 12.5. The monoisotopic (exact) mass is 455 g/mol. The molecule has 4 N–H and O–H groups in total. The van der Waals surface area contributed by atoms with Crippen molar-refractivity contribution in [1.82, 2.24) is 20.9 Å². The van der Waals surface area contributed by atoms with E-state index in [2.05, 4.69) is 26.3 Å². The average molecular weight is 456 g/mol. The van der Waals surface area contributed by atoms with Crippen molar-refractivity contribution in [3.05, 3.63) is 58.7 Å². The van der Waals surface area contributed by atoms with E-state index >= 15 is 0 Å². The molecule has 168 valence electrons. The number of nitrogens with zero attached hydrogens (tertiary/aromatic N) is 1. The topological polar surface area (TPSA) is 125 Å². The molecule has 0 saturated carbocycles. The molecule has 4 amide bonds. The zero-order valence-electron chi connectivity index (χ0n) is 18.0. The maximum atomic E-state index is 12.5. The number of hydrogen-bond acceptors (Lipinski definition) is 6. The third-order valence-corrected chi connectivity index (χ3v) is 5.00.